The lowest BCUT2D eigenvalue weighted by Gasteiger charge is -2.18. The zero-order valence-corrected chi connectivity index (χ0v) is 19.6. The highest BCUT2D eigenvalue weighted by Crippen LogP contribution is 2.10. The number of carboxylic acid groups (broad SMARTS) is 1. The topological polar surface area (TPSA) is 182 Å². The zero-order valence-electron chi connectivity index (χ0n) is 19.6. The van der Waals surface area contributed by atoms with E-state index in [1.807, 2.05) is 0 Å². The molecule has 1 aromatic rings. The van der Waals surface area contributed by atoms with Gasteiger partial charge in [0.25, 0.3) is 5.91 Å². The number of rotatable bonds is 12. The van der Waals surface area contributed by atoms with Gasteiger partial charge in [0.2, 0.25) is 5.91 Å². The molecule has 1 fully saturated rings. The van der Waals surface area contributed by atoms with Crippen LogP contribution in [0, 0.1) is 0 Å². The van der Waals surface area contributed by atoms with Gasteiger partial charge in [-0.2, -0.15) is 0 Å². The molecule has 3 rings (SSSR count). The number of carbonyl (C=O) groups is 5. The van der Waals surface area contributed by atoms with E-state index in [0.29, 0.717) is 32.0 Å². The molecule has 0 aromatic heterocycles. The van der Waals surface area contributed by atoms with Crippen molar-refractivity contribution in [3.05, 3.63) is 35.9 Å². The minimum Gasteiger partial charge on any atom is -0.480 e. The van der Waals surface area contributed by atoms with Crippen LogP contribution in [0.15, 0.2) is 35.3 Å². The van der Waals surface area contributed by atoms with Crippen molar-refractivity contribution in [1.82, 2.24) is 31.1 Å². The number of nitrogens with zero attached hydrogens (tertiary/aromatic N) is 3. The largest absolute Gasteiger partial charge is 0.480 e. The lowest BCUT2D eigenvalue weighted by molar-refractivity contribution is -0.139. The predicted molar refractivity (Wildman–Crippen MR) is 126 cm³/mol. The number of ether oxygens (including phenoxy) is 1. The number of hydrogen-bond donors (Lipinski definition) is 5. The molecule has 1 aromatic carbocycles. The van der Waals surface area contributed by atoms with Crippen molar-refractivity contribution < 1.29 is 33.8 Å². The van der Waals surface area contributed by atoms with Crippen molar-refractivity contribution in [3.63, 3.8) is 0 Å². The van der Waals surface area contributed by atoms with Gasteiger partial charge in [0.15, 0.2) is 5.96 Å². The van der Waals surface area contributed by atoms with Crippen molar-refractivity contribution in [3.8, 4) is 0 Å². The smallest absolute Gasteiger partial charge is 0.408 e. The molecule has 14 nitrogen and oxygen atoms in total. The van der Waals surface area contributed by atoms with Crippen molar-refractivity contribution in [2.75, 3.05) is 45.8 Å². The summed E-state index contributed by atoms with van der Waals surface area (Å²) in [7, 11) is 0. The van der Waals surface area contributed by atoms with Gasteiger partial charge in [-0.1, -0.05) is 30.3 Å². The lowest BCUT2D eigenvalue weighted by atomic mass is 10.2. The molecule has 0 saturated carbocycles. The second-order valence-corrected chi connectivity index (χ2v) is 8.02. The number of guanidine groups is 1. The standard InChI is InChI=1S/C22H29N7O7/c30-17(26-11-16(19(32)33)27-21(34)36-14-15-5-2-1-3-6-15)12-29-18(31)13-28(22(29)35)10-4-7-23-20-24-8-9-25-20/h1-3,5-6,16H,4,7-14H2,(H,26,30)(H,27,34)(H,32,33)(H2,23,24,25)/t16-/m0/s1. The summed E-state index contributed by atoms with van der Waals surface area (Å²) in [6.45, 7) is 1.15. The molecule has 194 valence electrons. The van der Waals surface area contributed by atoms with Crippen LogP contribution in [0.25, 0.3) is 0 Å². The number of aliphatic carboxylic acids is 1. The number of urea groups is 1. The minimum atomic E-state index is -1.47. The maximum Gasteiger partial charge on any atom is 0.408 e. The third-order valence-corrected chi connectivity index (χ3v) is 5.31. The highest BCUT2D eigenvalue weighted by Gasteiger charge is 2.36. The summed E-state index contributed by atoms with van der Waals surface area (Å²) in [4.78, 5) is 66.8. The van der Waals surface area contributed by atoms with Crippen molar-refractivity contribution in [2.45, 2.75) is 19.1 Å². The van der Waals surface area contributed by atoms with Gasteiger partial charge >= 0.3 is 18.1 Å². The van der Waals surface area contributed by atoms with Crippen LogP contribution in [0.5, 0.6) is 0 Å². The average Bonchev–Trinajstić information content (AvgIpc) is 3.47. The van der Waals surface area contributed by atoms with Gasteiger partial charge in [0, 0.05) is 26.2 Å². The Morgan fingerprint density at radius 3 is 2.67 bits per heavy atom. The highest BCUT2D eigenvalue weighted by molar-refractivity contribution is 6.04. The molecule has 0 bridgehead atoms. The number of aliphatic imine (C=N–C) groups is 1. The van der Waals surface area contributed by atoms with Crippen LogP contribution in [-0.2, 0) is 25.7 Å². The number of nitrogens with one attached hydrogen (secondary N) is 4. The summed E-state index contributed by atoms with van der Waals surface area (Å²) in [6.07, 6.45) is -0.391. The fourth-order valence-electron chi connectivity index (χ4n) is 3.44. The molecule has 0 aliphatic carbocycles. The molecule has 1 atom stereocenters. The quantitative estimate of drug-likeness (QED) is 0.171. The number of carbonyl (C=O) groups excluding carboxylic acids is 4. The van der Waals surface area contributed by atoms with E-state index in [0.717, 1.165) is 17.0 Å². The highest BCUT2D eigenvalue weighted by atomic mass is 16.5. The zero-order chi connectivity index (χ0) is 25.9. The Morgan fingerprint density at radius 1 is 1.19 bits per heavy atom. The fourth-order valence-corrected chi connectivity index (χ4v) is 3.44. The number of benzene rings is 1. The third kappa shape index (κ3) is 7.85. The first-order valence-electron chi connectivity index (χ1n) is 11.4. The first kappa shape index (κ1) is 26.2. The van der Waals surface area contributed by atoms with Crippen molar-refractivity contribution >= 4 is 35.9 Å². The summed E-state index contributed by atoms with van der Waals surface area (Å²) in [5.41, 5.74) is 0.721. The summed E-state index contributed by atoms with van der Waals surface area (Å²) < 4.78 is 4.99. The molecule has 14 heteroatoms. The first-order valence-corrected chi connectivity index (χ1v) is 11.4. The fraction of sp³-hybridized carbons (Fsp3) is 0.455. The Hall–Kier alpha value is -4.36. The molecule has 0 radical (unpaired) electrons. The Morgan fingerprint density at radius 2 is 1.97 bits per heavy atom. The Labute approximate surface area is 207 Å². The second-order valence-electron chi connectivity index (χ2n) is 8.02. The van der Waals surface area contributed by atoms with E-state index in [2.05, 4.69) is 26.3 Å². The van der Waals surface area contributed by atoms with Gasteiger partial charge in [-0.3, -0.25) is 19.5 Å². The van der Waals surface area contributed by atoms with Crippen LogP contribution in [0.1, 0.15) is 12.0 Å². The summed E-state index contributed by atoms with van der Waals surface area (Å²) in [5.74, 6) is -1.95. The van der Waals surface area contributed by atoms with E-state index in [-0.39, 0.29) is 13.2 Å². The van der Waals surface area contributed by atoms with Crippen LogP contribution in [0.2, 0.25) is 0 Å². The molecule has 36 heavy (non-hydrogen) atoms. The SMILES string of the molecule is O=C(CN1C(=O)CN(CCCNC2=NCCN2)C1=O)NC[C@H](NC(=O)OCc1ccccc1)C(=O)O. The van der Waals surface area contributed by atoms with Gasteiger partial charge in [-0.25, -0.2) is 14.4 Å². The summed E-state index contributed by atoms with van der Waals surface area (Å²) in [5, 5.41) is 20.0. The van der Waals surface area contributed by atoms with E-state index in [1.165, 1.54) is 4.90 Å². The van der Waals surface area contributed by atoms with E-state index in [4.69, 9.17) is 4.74 Å². The normalized spacial score (nSPS) is 15.7. The van der Waals surface area contributed by atoms with Crippen molar-refractivity contribution in [2.24, 2.45) is 4.99 Å². The number of alkyl carbamates (subject to hydrolysis) is 1. The average molecular weight is 504 g/mol. The molecule has 0 unspecified atom stereocenters. The number of carboxylic acids is 1. The monoisotopic (exact) mass is 503 g/mol. The van der Waals surface area contributed by atoms with E-state index < -0.39 is 49.0 Å². The second kappa shape index (κ2) is 12.9. The van der Waals surface area contributed by atoms with Crippen molar-refractivity contribution in [1.29, 1.82) is 0 Å². The maximum absolute atomic E-state index is 12.5. The predicted octanol–water partition coefficient (Wildman–Crippen LogP) is -1.31. The van der Waals surface area contributed by atoms with E-state index in [1.54, 1.807) is 30.3 Å². The number of amides is 5. The Kier molecular flexibility index (Phi) is 9.42. The number of hydrogen-bond acceptors (Lipinski definition) is 9. The number of imide groups is 1. The van der Waals surface area contributed by atoms with Crippen LogP contribution >= 0.6 is 0 Å². The molecule has 5 amide bonds. The van der Waals surface area contributed by atoms with E-state index in [9.17, 15) is 29.1 Å². The molecule has 0 spiro atoms. The third-order valence-electron chi connectivity index (χ3n) is 5.31. The molecule has 2 heterocycles. The molecule has 5 N–H and O–H groups in total. The minimum absolute atomic E-state index is 0.0528. The van der Waals surface area contributed by atoms with Crippen LogP contribution < -0.4 is 21.3 Å². The van der Waals surface area contributed by atoms with Gasteiger partial charge < -0.3 is 36.0 Å². The molecular formula is C22H29N7O7. The molecule has 2 aliphatic heterocycles. The molecule has 1 saturated heterocycles. The summed E-state index contributed by atoms with van der Waals surface area (Å²) in [6, 6.07) is 6.76. The first-order chi connectivity index (χ1) is 17.3. The Balaban J connectivity index is 1.38. The van der Waals surface area contributed by atoms with Gasteiger partial charge in [0.05, 0.1) is 6.54 Å². The summed E-state index contributed by atoms with van der Waals surface area (Å²) >= 11 is 0. The van der Waals surface area contributed by atoms with E-state index >= 15 is 0 Å². The van der Waals surface area contributed by atoms with Crippen LogP contribution in [0.3, 0.4) is 0 Å². The maximum atomic E-state index is 12.5. The van der Waals surface area contributed by atoms with Gasteiger partial charge in [-0.15, -0.1) is 0 Å². The van der Waals surface area contributed by atoms with Crippen LogP contribution in [-0.4, -0.2) is 103 Å². The van der Waals surface area contributed by atoms with Gasteiger partial charge in [-0.05, 0) is 12.0 Å². The lowest BCUT2D eigenvalue weighted by Crippen LogP contribution is -2.50. The van der Waals surface area contributed by atoms with Gasteiger partial charge in [0.1, 0.15) is 25.7 Å². The Bertz CT molecular complexity index is 1000. The molecular weight excluding hydrogens is 474 g/mol. The van der Waals surface area contributed by atoms with Crippen LogP contribution in [0.4, 0.5) is 9.59 Å². The molecule has 2 aliphatic rings.